The van der Waals surface area contributed by atoms with Crippen LogP contribution in [0.5, 0.6) is 0 Å². The van der Waals surface area contributed by atoms with Gasteiger partial charge in [-0.25, -0.2) is 0 Å². The first-order valence-corrected chi connectivity index (χ1v) is 10.6. The second kappa shape index (κ2) is 8.41. The van der Waals surface area contributed by atoms with Crippen LogP contribution in [0.1, 0.15) is 50.5 Å². The van der Waals surface area contributed by atoms with Crippen molar-refractivity contribution in [1.82, 2.24) is 4.90 Å². The highest BCUT2D eigenvalue weighted by molar-refractivity contribution is 5.79. The number of rotatable bonds is 5. The average molecular weight is 421 g/mol. The zero-order valence-corrected chi connectivity index (χ0v) is 16.7. The fourth-order valence-electron chi connectivity index (χ4n) is 4.69. The molecular formula is C22H26F3N3O2. The van der Waals surface area contributed by atoms with Crippen LogP contribution in [0.2, 0.25) is 0 Å². The number of alkyl halides is 3. The zero-order valence-electron chi connectivity index (χ0n) is 16.7. The summed E-state index contributed by atoms with van der Waals surface area (Å²) >= 11 is 0. The molecule has 2 aromatic rings. The third-order valence-electron chi connectivity index (χ3n) is 6.31. The Morgan fingerprint density at radius 1 is 0.833 bits per heavy atom. The van der Waals surface area contributed by atoms with E-state index in [9.17, 15) is 22.8 Å². The minimum Gasteiger partial charge on any atom is -0.376 e. The van der Waals surface area contributed by atoms with Crippen LogP contribution >= 0.6 is 0 Å². The molecule has 1 aliphatic carbocycles. The maximum atomic E-state index is 12.7. The molecule has 30 heavy (non-hydrogen) atoms. The van der Waals surface area contributed by atoms with Crippen LogP contribution in [0.25, 0.3) is 0 Å². The van der Waals surface area contributed by atoms with Gasteiger partial charge in [-0.2, -0.15) is 13.2 Å². The lowest BCUT2D eigenvalue weighted by Crippen LogP contribution is -2.52. The molecule has 1 heterocycles. The maximum Gasteiger partial charge on any atom is 0.416 e. The number of hydrogen-bond acceptors (Lipinski definition) is 5. The van der Waals surface area contributed by atoms with Gasteiger partial charge in [0.05, 0.1) is 5.56 Å². The van der Waals surface area contributed by atoms with Crippen LogP contribution in [0, 0.1) is 0 Å². The molecule has 8 heteroatoms. The smallest absolute Gasteiger partial charge is 0.376 e. The maximum absolute atomic E-state index is 12.7. The molecule has 2 aliphatic rings. The van der Waals surface area contributed by atoms with Crippen molar-refractivity contribution < 1.29 is 13.2 Å². The molecule has 0 unspecified atom stereocenters. The Morgan fingerprint density at radius 3 is 2.13 bits per heavy atom. The lowest BCUT2D eigenvalue weighted by molar-refractivity contribution is -0.137. The molecular weight excluding hydrogens is 395 g/mol. The van der Waals surface area contributed by atoms with Crippen molar-refractivity contribution in [3.05, 3.63) is 50.3 Å². The van der Waals surface area contributed by atoms with Gasteiger partial charge in [-0.15, -0.1) is 0 Å². The lowest BCUT2D eigenvalue weighted by Gasteiger charge is -2.42. The molecule has 1 aliphatic heterocycles. The van der Waals surface area contributed by atoms with E-state index in [2.05, 4.69) is 15.5 Å². The lowest BCUT2D eigenvalue weighted by atomic mass is 9.87. The number of nitrogens with one attached hydrogen (secondary N) is 2. The van der Waals surface area contributed by atoms with Crippen LogP contribution < -0.4 is 21.5 Å². The summed E-state index contributed by atoms with van der Waals surface area (Å²) in [5, 5.41) is 6.15. The number of benzene rings is 1. The van der Waals surface area contributed by atoms with E-state index in [-0.39, 0.29) is 17.4 Å². The first-order valence-electron chi connectivity index (χ1n) is 10.6. The van der Waals surface area contributed by atoms with Crippen LogP contribution in [0.3, 0.4) is 0 Å². The molecule has 162 valence electrons. The Kier molecular flexibility index (Phi) is 5.86. The first kappa shape index (κ1) is 20.9. The number of piperidine rings is 1. The van der Waals surface area contributed by atoms with Crippen LogP contribution in [-0.2, 0) is 6.18 Å². The number of likely N-dealkylation sites (tertiary alicyclic amines) is 1. The normalized spacial score (nSPS) is 23.4. The van der Waals surface area contributed by atoms with E-state index < -0.39 is 22.6 Å². The van der Waals surface area contributed by atoms with Gasteiger partial charge >= 0.3 is 6.18 Å². The van der Waals surface area contributed by atoms with Gasteiger partial charge in [-0.05, 0) is 63.0 Å². The van der Waals surface area contributed by atoms with Crippen LogP contribution in [-0.4, -0.2) is 30.1 Å². The number of anilines is 3. The molecule has 4 rings (SSSR count). The van der Waals surface area contributed by atoms with Crippen molar-refractivity contribution in [2.45, 2.75) is 63.2 Å². The molecule has 0 spiro atoms. The Labute approximate surface area is 173 Å². The van der Waals surface area contributed by atoms with Crippen molar-refractivity contribution in [2.24, 2.45) is 0 Å². The summed E-state index contributed by atoms with van der Waals surface area (Å²) in [6.45, 7) is 2.12. The highest BCUT2D eigenvalue weighted by Gasteiger charge is 2.34. The van der Waals surface area contributed by atoms with E-state index in [4.69, 9.17) is 0 Å². The fraction of sp³-hybridized carbons (Fsp3) is 0.545. The number of halogens is 3. The fourth-order valence-corrected chi connectivity index (χ4v) is 4.69. The van der Waals surface area contributed by atoms with E-state index in [1.54, 1.807) is 0 Å². The van der Waals surface area contributed by atoms with Gasteiger partial charge in [0.15, 0.2) is 0 Å². The molecule has 0 amide bonds. The van der Waals surface area contributed by atoms with Crippen molar-refractivity contribution in [3.63, 3.8) is 0 Å². The quantitative estimate of drug-likeness (QED) is 0.707. The molecule has 1 saturated carbocycles. The van der Waals surface area contributed by atoms with E-state index >= 15 is 0 Å². The summed E-state index contributed by atoms with van der Waals surface area (Å²) in [5.41, 5.74) is -1.22. The SMILES string of the molecule is O=c1c(Nc2ccc(C(F)(F)F)cc2)c(N[C@@H]2CCCC[C@@H]2N2CCCCC2)c1=O. The van der Waals surface area contributed by atoms with Crippen molar-refractivity contribution in [3.8, 4) is 0 Å². The predicted octanol–water partition coefficient (Wildman–Crippen LogP) is 4.25. The van der Waals surface area contributed by atoms with Crippen molar-refractivity contribution >= 4 is 17.1 Å². The summed E-state index contributed by atoms with van der Waals surface area (Å²) in [4.78, 5) is 26.9. The average Bonchev–Trinajstić information content (AvgIpc) is 2.76. The minimum absolute atomic E-state index is 0.0910. The molecule has 2 aromatic carbocycles. The van der Waals surface area contributed by atoms with Gasteiger partial charge in [0.2, 0.25) is 0 Å². The summed E-state index contributed by atoms with van der Waals surface area (Å²) in [6.07, 6.45) is 3.42. The van der Waals surface area contributed by atoms with Gasteiger partial charge in [0.25, 0.3) is 10.9 Å². The summed E-state index contributed by atoms with van der Waals surface area (Å²) in [5.74, 6) is 0. The molecule has 0 bridgehead atoms. The molecule has 0 radical (unpaired) electrons. The Hall–Kier alpha value is -2.35. The minimum atomic E-state index is -4.42. The number of hydrogen-bond donors (Lipinski definition) is 2. The molecule has 5 nitrogen and oxygen atoms in total. The first-order chi connectivity index (χ1) is 14.3. The van der Waals surface area contributed by atoms with Gasteiger partial charge in [0, 0.05) is 17.8 Å². The zero-order chi connectivity index (χ0) is 21.3. The molecule has 0 aromatic heterocycles. The Bertz CT molecular complexity index is 942. The predicted molar refractivity (Wildman–Crippen MR) is 111 cm³/mol. The van der Waals surface area contributed by atoms with E-state index in [0.29, 0.717) is 11.7 Å². The second-order valence-electron chi connectivity index (χ2n) is 8.31. The summed E-state index contributed by atoms with van der Waals surface area (Å²) in [7, 11) is 0. The second-order valence-corrected chi connectivity index (χ2v) is 8.31. The van der Waals surface area contributed by atoms with Gasteiger partial charge < -0.3 is 10.6 Å². The van der Waals surface area contributed by atoms with E-state index in [1.807, 2.05) is 0 Å². The van der Waals surface area contributed by atoms with Gasteiger partial charge in [0.1, 0.15) is 11.4 Å². The largest absolute Gasteiger partial charge is 0.416 e. The monoisotopic (exact) mass is 421 g/mol. The van der Waals surface area contributed by atoms with Crippen LogP contribution in [0.4, 0.5) is 30.2 Å². The standard InChI is InChI=1S/C22H26F3N3O2/c23-22(24,25)14-8-10-15(11-9-14)26-18-19(21(30)20(18)29)27-16-6-2-3-7-17(16)28-12-4-1-5-13-28/h8-11,16-17,26-27H,1-7,12-13H2/t16-,17+/m1/s1. The topological polar surface area (TPSA) is 61.4 Å². The summed E-state index contributed by atoms with van der Waals surface area (Å²) < 4.78 is 38.2. The Morgan fingerprint density at radius 2 is 1.47 bits per heavy atom. The Balaban J connectivity index is 1.49. The van der Waals surface area contributed by atoms with Gasteiger partial charge in [-0.1, -0.05) is 19.3 Å². The number of nitrogens with zero attached hydrogens (tertiary/aromatic N) is 1. The molecule has 2 N–H and O–H groups in total. The highest BCUT2D eigenvalue weighted by atomic mass is 19.4. The van der Waals surface area contributed by atoms with Crippen molar-refractivity contribution in [2.75, 3.05) is 23.7 Å². The van der Waals surface area contributed by atoms with Crippen molar-refractivity contribution in [1.29, 1.82) is 0 Å². The van der Waals surface area contributed by atoms with E-state index in [0.717, 1.165) is 50.9 Å². The third-order valence-corrected chi connectivity index (χ3v) is 6.31. The summed E-state index contributed by atoms with van der Waals surface area (Å²) in [6, 6.07) is 4.86. The van der Waals surface area contributed by atoms with E-state index in [1.165, 1.54) is 31.4 Å². The van der Waals surface area contributed by atoms with Gasteiger partial charge in [-0.3, -0.25) is 14.5 Å². The molecule has 2 atom stereocenters. The highest BCUT2D eigenvalue weighted by Crippen LogP contribution is 2.32. The molecule has 2 fully saturated rings. The van der Waals surface area contributed by atoms with Crippen LogP contribution in [0.15, 0.2) is 33.9 Å². The third kappa shape index (κ3) is 4.24. The molecule has 1 saturated heterocycles.